The van der Waals surface area contributed by atoms with Crippen LogP contribution in [0.3, 0.4) is 0 Å². The fraction of sp³-hybridized carbons (Fsp3) is 0.571. The van der Waals surface area contributed by atoms with Crippen molar-refractivity contribution in [1.82, 2.24) is 14.9 Å². The van der Waals surface area contributed by atoms with E-state index in [0.717, 1.165) is 18.0 Å². The first-order valence-corrected chi connectivity index (χ1v) is 5.23. The highest BCUT2D eigenvalue weighted by Crippen LogP contribution is 2.03. The van der Waals surface area contributed by atoms with Crippen LogP contribution in [-0.2, 0) is 0 Å². The molecule has 72 valence electrons. The zero-order valence-electron chi connectivity index (χ0n) is 7.16. The van der Waals surface area contributed by atoms with E-state index in [0.29, 0.717) is 10.8 Å². The Hall–Kier alpha value is -0.680. The molecule has 0 saturated heterocycles. The smallest absolute Gasteiger partial charge is 0.264 e. The van der Waals surface area contributed by atoms with E-state index in [9.17, 15) is 4.79 Å². The molecule has 0 aliphatic carbocycles. The van der Waals surface area contributed by atoms with Crippen molar-refractivity contribution in [1.29, 1.82) is 0 Å². The van der Waals surface area contributed by atoms with Gasteiger partial charge in [-0.05, 0) is 18.0 Å². The first-order valence-electron chi connectivity index (χ1n) is 3.92. The van der Waals surface area contributed by atoms with Crippen LogP contribution < -0.4 is 5.32 Å². The second-order valence-corrected chi connectivity index (χ2v) is 3.61. The molecule has 0 bridgehead atoms. The molecule has 0 saturated carbocycles. The Bertz CT molecular complexity index is 261. The maximum Gasteiger partial charge on any atom is 0.264 e. The van der Waals surface area contributed by atoms with Crippen LogP contribution in [0.15, 0.2) is 6.20 Å². The van der Waals surface area contributed by atoms with Crippen LogP contribution in [0.5, 0.6) is 0 Å². The Morgan fingerprint density at radius 2 is 2.62 bits per heavy atom. The maximum atomic E-state index is 11.4. The number of rotatable bonds is 4. The summed E-state index contributed by atoms with van der Waals surface area (Å²) < 4.78 is 3.60. The number of amides is 1. The Balaban J connectivity index is 2.50. The molecule has 1 amide bonds. The number of hydrogen-bond donors (Lipinski definition) is 1. The van der Waals surface area contributed by atoms with E-state index in [-0.39, 0.29) is 11.9 Å². The van der Waals surface area contributed by atoms with Gasteiger partial charge in [0, 0.05) is 11.9 Å². The molecule has 13 heavy (non-hydrogen) atoms. The lowest BCUT2D eigenvalue weighted by Gasteiger charge is -2.11. The Kier molecular flexibility index (Phi) is 4.11. The zero-order chi connectivity index (χ0) is 9.68. The summed E-state index contributed by atoms with van der Waals surface area (Å²) in [7, 11) is 0. The van der Waals surface area contributed by atoms with Crippen molar-refractivity contribution < 1.29 is 4.79 Å². The number of carbonyl (C=O) groups excluding carboxylic acids is 1. The van der Waals surface area contributed by atoms with E-state index in [1.165, 1.54) is 6.20 Å². The Morgan fingerprint density at radius 3 is 3.08 bits per heavy atom. The number of nitrogens with one attached hydrogen (secondary N) is 1. The third-order valence-corrected chi connectivity index (χ3v) is 2.64. The summed E-state index contributed by atoms with van der Waals surface area (Å²) in [6.45, 7) is 1.97. The Morgan fingerprint density at radius 1 is 1.85 bits per heavy atom. The van der Waals surface area contributed by atoms with Gasteiger partial charge in [0.05, 0.1) is 6.20 Å². The van der Waals surface area contributed by atoms with Crippen molar-refractivity contribution in [2.24, 2.45) is 0 Å². The van der Waals surface area contributed by atoms with Gasteiger partial charge in [-0.15, -0.1) is 16.7 Å². The summed E-state index contributed by atoms with van der Waals surface area (Å²) in [6, 6.07) is 0.0243. The molecule has 6 heteroatoms. The minimum Gasteiger partial charge on any atom is -0.347 e. The molecule has 0 spiro atoms. The van der Waals surface area contributed by atoms with Crippen molar-refractivity contribution in [2.75, 3.05) is 5.88 Å². The minimum absolute atomic E-state index is 0.0243. The molecule has 0 aliphatic heterocycles. The molecule has 4 nitrogen and oxygen atoms in total. The normalized spacial score (nSPS) is 12.5. The van der Waals surface area contributed by atoms with Gasteiger partial charge in [0.15, 0.2) is 0 Å². The van der Waals surface area contributed by atoms with Crippen LogP contribution in [0.1, 0.15) is 23.0 Å². The van der Waals surface area contributed by atoms with Crippen molar-refractivity contribution in [2.45, 2.75) is 19.4 Å². The Labute approximate surface area is 85.5 Å². The lowest BCUT2D eigenvalue weighted by atomic mass is 10.2. The highest BCUT2D eigenvalue weighted by molar-refractivity contribution is 7.07. The molecule has 0 radical (unpaired) electrons. The largest absolute Gasteiger partial charge is 0.347 e. The molecule has 1 aromatic rings. The molecule has 0 aliphatic rings. The number of alkyl halides is 1. The fourth-order valence-electron chi connectivity index (χ4n) is 0.773. The van der Waals surface area contributed by atoms with E-state index in [2.05, 4.69) is 14.9 Å². The molecule has 1 unspecified atom stereocenters. The number of nitrogens with zero attached hydrogens (tertiary/aromatic N) is 2. The summed E-state index contributed by atoms with van der Waals surface area (Å²) in [5.74, 6) is 0.275. The second kappa shape index (κ2) is 5.14. The SMILES string of the molecule is CCC(CCl)NC(=O)c1cnns1. The second-order valence-electron chi connectivity index (χ2n) is 2.51. The third-order valence-electron chi connectivity index (χ3n) is 1.60. The summed E-state index contributed by atoms with van der Waals surface area (Å²) in [5, 5.41) is 6.36. The summed E-state index contributed by atoms with van der Waals surface area (Å²) in [5.41, 5.74) is 0. The lowest BCUT2D eigenvalue weighted by molar-refractivity contribution is 0.0943. The van der Waals surface area contributed by atoms with Gasteiger partial charge in [-0.1, -0.05) is 11.4 Å². The molecular formula is C7H10ClN3OS. The van der Waals surface area contributed by atoms with Gasteiger partial charge >= 0.3 is 0 Å². The van der Waals surface area contributed by atoms with Gasteiger partial charge in [0.2, 0.25) is 0 Å². The molecular weight excluding hydrogens is 210 g/mol. The average molecular weight is 220 g/mol. The van der Waals surface area contributed by atoms with Crippen LogP contribution in [0.2, 0.25) is 0 Å². The predicted octanol–water partition coefficient (Wildman–Crippen LogP) is 1.29. The topological polar surface area (TPSA) is 54.9 Å². The minimum atomic E-state index is -0.150. The van der Waals surface area contributed by atoms with Crippen LogP contribution in [-0.4, -0.2) is 27.4 Å². The van der Waals surface area contributed by atoms with Crippen LogP contribution in [0.4, 0.5) is 0 Å². The monoisotopic (exact) mass is 219 g/mol. The average Bonchev–Trinajstić information content (AvgIpc) is 2.66. The quantitative estimate of drug-likeness (QED) is 0.777. The van der Waals surface area contributed by atoms with Crippen molar-refractivity contribution in [3.05, 3.63) is 11.1 Å². The van der Waals surface area contributed by atoms with Crippen LogP contribution >= 0.6 is 23.1 Å². The summed E-state index contributed by atoms with van der Waals surface area (Å²) >= 11 is 6.71. The van der Waals surface area contributed by atoms with Crippen molar-refractivity contribution in [3.63, 3.8) is 0 Å². The van der Waals surface area contributed by atoms with Crippen molar-refractivity contribution in [3.8, 4) is 0 Å². The van der Waals surface area contributed by atoms with Crippen LogP contribution in [0, 0.1) is 0 Å². The van der Waals surface area contributed by atoms with Crippen LogP contribution in [0.25, 0.3) is 0 Å². The number of halogens is 1. The first-order chi connectivity index (χ1) is 6.27. The summed E-state index contributed by atoms with van der Waals surface area (Å²) in [4.78, 5) is 11.9. The molecule has 1 N–H and O–H groups in total. The van der Waals surface area contributed by atoms with Gasteiger partial charge in [-0.3, -0.25) is 4.79 Å². The van der Waals surface area contributed by atoms with Gasteiger partial charge in [0.25, 0.3) is 5.91 Å². The van der Waals surface area contributed by atoms with E-state index in [1.54, 1.807) is 0 Å². The molecule has 0 aromatic carbocycles. The van der Waals surface area contributed by atoms with Gasteiger partial charge in [-0.2, -0.15) is 0 Å². The van der Waals surface area contributed by atoms with Gasteiger partial charge in [0.1, 0.15) is 4.88 Å². The predicted molar refractivity (Wildman–Crippen MR) is 52.2 cm³/mol. The standard InChI is InChI=1S/C7H10ClN3OS/c1-2-5(3-8)10-7(12)6-4-9-11-13-6/h4-5H,2-3H2,1H3,(H,10,12). The summed E-state index contributed by atoms with van der Waals surface area (Å²) in [6.07, 6.45) is 2.27. The third kappa shape index (κ3) is 2.93. The molecule has 1 aromatic heterocycles. The molecule has 0 fully saturated rings. The highest BCUT2D eigenvalue weighted by Gasteiger charge is 2.12. The van der Waals surface area contributed by atoms with Gasteiger partial charge < -0.3 is 5.32 Å². The number of hydrogen-bond acceptors (Lipinski definition) is 4. The molecule has 1 rings (SSSR count). The molecule has 1 atom stereocenters. The van der Waals surface area contributed by atoms with E-state index in [4.69, 9.17) is 11.6 Å². The van der Waals surface area contributed by atoms with Crippen molar-refractivity contribution >= 4 is 29.0 Å². The fourth-order valence-corrected chi connectivity index (χ4v) is 1.49. The van der Waals surface area contributed by atoms with Gasteiger partial charge in [-0.25, -0.2) is 0 Å². The number of aromatic nitrogens is 2. The maximum absolute atomic E-state index is 11.4. The zero-order valence-corrected chi connectivity index (χ0v) is 8.73. The van der Waals surface area contributed by atoms with E-state index in [1.807, 2.05) is 6.92 Å². The highest BCUT2D eigenvalue weighted by atomic mass is 35.5. The lowest BCUT2D eigenvalue weighted by Crippen LogP contribution is -2.35. The first kappa shape index (κ1) is 10.4. The van der Waals surface area contributed by atoms with E-state index < -0.39 is 0 Å². The van der Waals surface area contributed by atoms with E-state index >= 15 is 0 Å². The molecule has 1 heterocycles. The number of carbonyl (C=O) groups is 1.